The molecular weight excluding hydrogens is 322 g/mol. The second-order valence-corrected chi connectivity index (χ2v) is 5.34. The summed E-state index contributed by atoms with van der Waals surface area (Å²) in [6.45, 7) is 1.90. The fourth-order valence-corrected chi connectivity index (χ4v) is 2.35. The number of benzene rings is 1. The molecule has 0 aliphatic rings. The van der Waals surface area contributed by atoms with Gasteiger partial charge in [-0.3, -0.25) is 4.79 Å². The molecule has 0 fully saturated rings. The van der Waals surface area contributed by atoms with Gasteiger partial charge in [-0.2, -0.15) is 0 Å². The van der Waals surface area contributed by atoms with Gasteiger partial charge in [0, 0.05) is 5.02 Å². The van der Waals surface area contributed by atoms with Gasteiger partial charge >= 0.3 is 0 Å². The molecule has 1 rings (SSSR count). The lowest BCUT2D eigenvalue weighted by Gasteiger charge is -2.09. The SMILES string of the molecule is CCC(Br)C(=O)c1c(Cl)cc(Cl)cc1Cl. The van der Waals surface area contributed by atoms with Crippen LogP contribution in [0.5, 0.6) is 0 Å². The first-order valence-electron chi connectivity index (χ1n) is 4.30. The molecule has 0 aliphatic carbocycles. The normalized spacial score (nSPS) is 12.6. The summed E-state index contributed by atoms with van der Waals surface area (Å²) in [6, 6.07) is 3.02. The van der Waals surface area contributed by atoms with E-state index in [1.807, 2.05) is 6.92 Å². The molecule has 0 bridgehead atoms. The van der Waals surface area contributed by atoms with Crippen molar-refractivity contribution in [2.45, 2.75) is 18.2 Å². The van der Waals surface area contributed by atoms with Gasteiger partial charge in [-0.25, -0.2) is 0 Å². The van der Waals surface area contributed by atoms with Crippen molar-refractivity contribution in [2.24, 2.45) is 0 Å². The van der Waals surface area contributed by atoms with Crippen LogP contribution in [0, 0.1) is 0 Å². The average Bonchev–Trinajstić information content (AvgIpc) is 2.14. The Labute approximate surface area is 112 Å². The molecule has 5 heteroatoms. The van der Waals surface area contributed by atoms with E-state index in [2.05, 4.69) is 15.9 Å². The molecule has 0 radical (unpaired) electrons. The Balaban J connectivity index is 3.20. The maximum atomic E-state index is 11.9. The number of rotatable bonds is 3. The van der Waals surface area contributed by atoms with Crippen LogP contribution in [0.4, 0.5) is 0 Å². The first-order chi connectivity index (χ1) is 6.97. The predicted molar refractivity (Wildman–Crippen MR) is 68.8 cm³/mol. The second-order valence-electron chi connectivity index (χ2n) is 2.98. The van der Waals surface area contributed by atoms with E-state index in [-0.39, 0.29) is 20.7 Å². The highest BCUT2D eigenvalue weighted by Crippen LogP contribution is 2.31. The van der Waals surface area contributed by atoms with Crippen molar-refractivity contribution in [2.75, 3.05) is 0 Å². The quantitative estimate of drug-likeness (QED) is 0.563. The number of alkyl halides is 1. The molecule has 82 valence electrons. The highest BCUT2D eigenvalue weighted by Gasteiger charge is 2.21. The van der Waals surface area contributed by atoms with Gasteiger partial charge in [-0.1, -0.05) is 57.7 Å². The van der Waals surface area contributed by atoms with E-state index >= 15 is 0 Å². The van der Waals surface area contributed by atoms with Crippen LogP contribution < -0.4 is 0 Å². The number of carbonyl (C=O) groups excluding carboxylic acids is 1. The number of carbonyl (C=O) groups is 1. The third kappa shape index (κ3) is 3.10. The van der Waals surface area contributed by atoms with Crippen LogP contribution in [0.3, 0.4) is 0 Å². The van der Waals surface area contributed by atoms with Gasteiger partial charge in [-0.15, -0.1) is 0 Å². The highest BCUT2D eigenvalue weighted by atomic mass is 79.9. The molecule has 15 heavy (non-hydrogen) atoms. The minimum atomic E-state index is -0.270. The summed E-state index contributed by atoms with van der Waals surface area (Å²) in [5.74, 6) is -0.121. The van der Waals surface area contributed by atoms with E-state index in [0.29, 0.717) is 17.0 Å². The second kappa shape index (κ2) is 5.53. The summed E-state index contributed by atoms with van der Waals surface area (Å²) in [7, 11) is 0. The Bertz CT molecular complexity index is 369. The molecule has 1 unspecified atom stereocenters. The third-order valence-corrected chi connectivity index (χ3v) is 3.77. The molecule has 0 saturated carbocycles. The van der Waals surface area contributed by atoms with E-state index < -0.39 is 0 Å². The molecule has 0 spiro atoms. The van der Waals surface area contributed by atoms with Crippen molar-refractivity contribution in [3.8, 4) is 0 Å². The van der Waals surface area contributed by atoms with Crippen LogP contribution in [-0.4, -0.2) is 10.6 Å². The van der Waals surface area contributed by atoms with Gasteiger partial charge in [0.1, 0.15) is 0 Å². The Morgan fingerprint density at radius 3 is 2.20 bits per heavy atom. The van der Waals surface area contributed by atoms with Gasteiger partial charge in [0.25, 0.3) is 0 Å². The van der Waals surface area contributed by atoms with E-state index in [1.165, 1.54) is 12.1 Å². The summed E-state index contributed by atoms with van der Waals surface area (Å²) in [6.07, 6.45) is 0.675. The molecule has 0 amide bonds. The van der Waals surface area contributed by atoms with Crippen LogP contribution in [0.25, 0.3) is 0 Å². The smallest absolute Gasteiger partial charge is 0.179 e. The molecule has 0 N–H and O–H groups in total. The van der Waals surface area contributed by atoms with Gasteiger partial charge in [0.05, 0.1) is 20.4 Å². The van der Waals surface area contributed by atoms with Crippen LogP contribution >= 0.6 is 50.7 Å². The molecule has 0 saturated heterocycles. The first kappa shape index (κ1) is 13.3. The van der Waals surface area contributed by atoms with E-state index in [4.69, 9.17) is 34.8 Å². The van der Waals surface area contributed by atoms with Gasteiger partial charge < -0.3 is 0 Å². The van der Waals surface area contributed by atoms with E-state index in [1.54, 1.807) is 0 Å². The van der Waals surface area contributed by atoms with Gasteiger partial charge in [0.15, 0.2) is 5.78 Å². The molecule has 1 nitrogen and oxygen atoms in total. The molecule has 0 aliphatic heterocycles. The number of halogens is 4. The van der Waals surface area contributed by atoms with Crippen molar-refractivity contribution in [1.82, 2.24) is 0 Å². The topological polar surface area (TPSA) is 17.1 Å². The van der Waals surface area contributed by atoms with E-state index in [9.17, 15) is 4.79 Å². The summed E-state index contributed by atoms with van der Waals surface area (Å²) in [5.41, 5.74) is 0.325. The van der Waals surface area contributed by atoms with Crippen molar-refractivity contribution < 1.29 is 4.79 Å². The molecular formula is C10H8BrCl3O. The van der Waals surface area contributed by atoms with Crippen LogP contribution in [0.2, 0.25) is 15.1 Å². The van der Waals surface area contributed by atoms with Crippen LogP contribution in [0.1, 0.15) is 23.7 Å². The van der Waals surface area contributed by atoms with Gasteiger partial charge in [-0.05, 0) is 18.6 Å². The number of Topliss-reactive ketones (excluding diaryl/α,β-unsaturated/α-hetero) is 1. The van der Waals surface area contributed by atoms with Crippen molar-refractivity contribution in [3.63, 3.8) is 0 Å². The number of ketones is 1. The Morgan fingerprint density at radius 1 is 1.33 bits per heavy atom. The number of hydrogen-bond donors (Lipinski definition) is 0. The Morgan fingerprint density at radius 2 is 1.80 bits per heavy atom. The zero-order valence-corrected chi connectivity index (χ0v) is 11.7. The Hall–Kier alpha value is 0.240. The van der Waals surface area contributed by atoms with Crippen molar-refractivity contribution in [3.05, 3.63) is 32.8 Å². The lowest BCUT2D eigenvalue weighted by Crippen LogP contribution is -2.14. The average molecular weight is 330 g/mol. The largest absolute Gasteiger partial charge is 0.293 e. The maximum absolute atomic E-state index is 11.9. The fourth-order valence-electron chi connectivity index (χ4n) is 1.12. The zero-order valence-electron chi connectivity index (χ0n) is 7.86. The van der Waals surface area contributed by atoms with Crippen molar-refractivity contribution >= 4 is 56.5 Å². The molecule has 0 heterocycles. The molecule has 0 aromatic heterocycles. The summed E-state index contributed by atoms with van der Waals surface area (Å²) >= 11 is 20.9. The van der Waals surface area contributed by atoms with Gasteiger partial charge in [0.2, 0.25) is 0 Å². The van der Waals surface area contributed by atoms with E-state index in [0.717, 1.165) is 0 Å². The van der Waals surface area contributed by atoms with Crippen LogP contribution in [-0.2, 0) is 0 Å². The third-order valence-electron chi connectivity index (χ3n) is 1.90. The molecule has 1 atom stereocenters. The minimum absolute atomic E-state index is 0.121. The lowest BCUT2D eigenvalue weighted by atomic mass is 10.1. The maximum Gasteiger partial charge on any atom is 0.179 e. The summed E-state index contributed by atoms with van der Waals surface area (Å²) in [5, 5.41) is 0.995. The molecule has 1 aromatic carbocycles. The monoisotopic (exact) mass is 328 g/mol. The lowest BCUT2D eigenvalue weighted by molar-refractivity contribution is 0.0990. The van der Waals surface area contributed by atoms with Crippen LogP contribution in [0.15, 0.2) is 12.1 Å². The standard InChI is InChI=1S/C10H8BrCl3O/c1-2-6(11)10(15)9-7(13)3-5(12)4-8(9)14/h3-4,6H,2H2,1H3. The predicted octanol–water partition coefficient (Wildman–Crippen LogP) is 5.00. The minimum Gasteiger partial charge on any atom is -0.293 e. The summed E-state index contributed by atoms with van der Waals surface area (Å²) < 4.78 is 0. The van der Waals surface area contributed by atoms with Crippen molar-refractivity contribution in [1.29, 1.82) is 0 Å². The summed E-state index contributed by atoms with van der Waals surface area (Å²) in [4.78, 5) is 11.6. The first-order valence-corrected chi connectivity index (χ1v) is 6.35. The highest BCUT2D eigenvalue weighted by molar-refractivity contribution is 9.10. The fraction of sp³-hybridized carbons (Fsp3) is 0.300. The molecule has 1 aromatic rings. The zero-order chi connectivity index (χ0) is 11.6. The Kier molecular flexibility index (Phi) is 4.91. The number of hydrogen-bond acceptors (Lipinski definition) is 1.